The zero-order valence-corrected chi connectivity index (χ0v) is 14.6. The van der Waals surface area contributed by atoms with E-state index in [1.54, 1.807) is 16.6 Å². The molecule has 0 atom stereocenters. The maximum Gasteiger partial charge on any atom is 0.286 e. The normalized spacial score (nSPS) is 14.1. The molecule has 0 unspecified atom stereocenters. The highest BCUT2D eigenvalue weighted by molar-refractivity contribution is 7.18. The molecule has 124 valence electrons. The van der Waals surface area contributed by atoms with E-state index < -0.39 is 0 Å². The second-order valence-electron chi connectivity index (χ2n) is 5.69. The van der Waals surface area contributed by atoms with Crippen molar-refractivity contribution in [3.8, 4) is 5.75 Å². The number of rotatable bonds is 4. The number of ether oxygens (including phenoxy) is 1. The number of amides is 1. The number of carbonyl (C=O) groups is 1. The third-order valence-electron chi connectivity index (χ3n) is 3.88. The zero-order valence-electron chi connectivity index (χ0n) is 13.0. The summed E-state index contributed by atoms with van der Waals surface area (Å²) in [6.45, 7) is 1.86. The summed E-state index contributed by atoms with van der Waals surface area (Å²) in [7, 11) is 1.53. The van der Waals surface area contributed by atoms with E-state index in [1.807, 2.05) is 6.92 Å². The summed E-state index contributed by atoms with van der Waals surface area (Å²) in [6.07, 6.45) is 2.20. The van der Waals surface area contributed by atoms with Crippen LogP contribution in [0.25, 0.3) is 4.96 Å². The van der Waals surface area contributed by atoms with E-state index >= 15 is 0 Å². The van der Waals surface area contributed by atoms with Crippen molar-refractivity contribution >= 4 is 39.5 Å². The van der Waals surface area contributed by atoms with Crippen molar-refractivity contribution in [2.24, 2.45) is 0 Å². The molecule has 1 saturated carbocycles. The maximum absolute atomic E-state index is 12.5. The number of benzene rings is 1. The van der Waals surface area contributed by atoms with Crippen LogP contribution in [-0.2, 0) is 0 Å². The second kappa shape index (κ2) is 5.71. The molecule has 9 heteroatoms. The first kappa shape index (κ1) is 15.3. The van der Waals surface area contributed by atoms with Gasteiger partial charge in [0.1, 0.15) is 5.75 Å². The van der Waals surface area contributed by atoms with Crippen LogP contribution in [0.5, 0.6) is 5.75 Å². The molecule has 0 bridgehead atoms. The van der Waals surface area contributed by atoms with Crippen molar-refractivity contribution in [2.45, 2.75) is 25.7 Å². The molecule has 4 rings (SSSR count). The van der Waals surface area contributed by atoms with E-state index in [0.717, 1.165) is 24.2 Å². The van der Waals surface area contributed by atoms with Crippen LogP contribution in [0.4, 0.5) is 5.69 Å². The number of carbonyl (C=O) groups excluding carboxylic acids is 1. The summed E-state index contributed by atoms with van der Waals surface area (Å²) in [5.74, 6) is 1.44. The highest BCUT2D eigenvalue weighted by atomic mass is 35.5. The van der Waals surface area contributed by atoms with Gasteiger partial charge in [-0.2, -0.15) is 4.52 Å². The molecule has 1 fully saturated rings. The van der Waals surface area contributed by atoms with Crippen LogP contribution in [0, 0.1) is 6.92 Å². The van der Waals surface area contributed by atoms with Gasteiger partial charge in [0.15, 0.2) is 5.82 Å². The van der Waals surface area contributed by atoms with Crippen molar-refractivity contribution in [1.29, 1.82) is 0 Å². The van der Waals surface area contributed by atoms with Gasteiger partial charge in [-0.3, -0.25) is 4.79 Å². The lowest BCUT2D eigenvalue weighted by Gasteiger charge is -2.11. The summed E-state index contributed by atoms with van der Waals surface area (Å²) in [4.78, 5) is 13.2. The lowest BCUT2D eigenvalue weighted by molar-refractivity contribution is 0.102. The lowest BCUT2D eigenvalue weighted by Crippen LogP contribution is -2.13. The summed E-state index contributed by atoms with van der Waals surface area (Å²) in [5.41, 5.74) is 1.40. The molecule has 7 nitrogen and oxygen atoms in total. The predicted molar refractivity (Wildman–Crippen MR) is 91.3 cm³/mol. The molecular formula is C15H14ClN5O2S. The Morgan fingerprint density at radius 3 is 2.92 bits per heavy atom. The fourth-order valence-electron chi connectivity index (χ4n) is 2.43. The van der Waals surface area contributed by atoms with E-state index in [9.17, 15) is 4.79 Å². The van der Waals surface area contributed by atoms with Gasteiger partial charge in [-0.1, -0.05) is 22.9 Å². The first-order chi connectivity index (χ1) is 11.6. The first-order valence-electron chi connectivity index (χ1n) is 7.44. The Hall–Kier alpha value is -2.19. The van der Waals surface area contributed by atoms with Gasteiger partial charge in [0.2, 0.25) is 9.97 Å². The number of nitrogens with one attached hydrogen (secondary N) is 1. The van der Waals surface area contributed by atoms with Crippen molar-refractivity contribution in [2.75, 3.05) is 12.4 Å². The zero-order chi connectivity index (χ0) is 16.8. The third kappa shape index (κ3) is 2.61. The number of hydrogen-bond acceptors (Lipinski definition) is 6. The van der Waals surface area contributed by atoms with Crippen molar-refractivity contribution in [3.63, 3.8) is 0 Å². The molecule has 1 amide bonds. The Kier molecular flexibility index (Phi) is 3.65. The maximum atomic E-state index is 12.5. The van der Waals surface area contributed by atoms with Gasteiger partial charge < -0.3 is 10.1 Å². The molecule has 1 aromatic carbocycles. The van der Waals surface area contributed by atoms with E-state index in [1.165, 1.54) is 18.4 Å². The van der Waals surface area contributed by atoms with Crippen molar-refractivity contribution < 1.29 is 9.53 Å². The first-order valence-corrected chi connectivity index (χ1v) is 8.64. The van der Waals surface area contributed by atoms with Crippen LogP contribution >= 0.6 is 22.9 Å². The number of anilines is 1. The van der Waals surface area contributed by atoms with Crippen LogP contribution in [0.15, 0.2) is 12.1 Å². The minimum absolute atomic E-state index is 0.313. The molecule has 0 aliphatic heterocycles. The summed E-state index contributed by atoms with van der Waals surface area (Å²) in [5, 5.41) is 16.3. The minimum Gasteiger partial charge on any atom is -0.495 e. The fourth-order valence-corrected chi connectivity index (χ4v) is 3.32. The lowest BCUT2D eigenvalue weighted by atomic mass is 10.2. The second-order valence-corrected chi connectivity index (χ2v) is 7.05. The molecule has 1 aliphatic rings. The van der Waals surface area contributed by atoms with Crippen LogP contribution in [0.1, 0.15) is 39.9 Å². The molecule has 3 aromatic rings. The number of aryl methyl sites for hydroxylation is 1. The van der Waals surface area contributed by atoms with E-state index in [2.05, 4.69) is 20.6 Å². The van der Waals surface area contributed by atoms with Crippen molar-refractivity contribution in [3.05, 3.63) is 33.6 Å². The van der Waals surface area contributed by atoms with E-state index in [-0.39, 0.29) is 5.91 Å². The van der Waals surface area contributed by atoms with E-state index in [4.69, 9.17) is 16.3 Å². The highest BCUT2D eigenvalue weighted by Gasteiger charge is 2.30. The Morgan fingerprint density at radius 2 is 2.21 bits per heavy atom. The fraction of sp³-hybridized carbons (Fsp3) is 0.333. The minimum atomic E-state index is -0.313. The molecule has 2 aromatic heterocycles. The number of fused-ring (bicyclic) bond motifs is 1. The van der Waals surface area contributed by atoms with Crippen LogP contribution in [0.3, 0.4) is 0 Å². The Morgan fingerprint density at radius 1 is 1.42 bits per heavy atom. The average molecular weight is 364 g/mol. The Labute approximate surface area is 146 Å². The highest BCUT2D eigenvalue weighted by Crippen LogP contribution is 2.39. The van der Waals surface area contributed by atoms with Gasteiger partial charge in [0, 0.05) is 17.0 Å². The average Bonchev–Trinajstić information content (AvgIpc) is 3.18. The Balaban J connectivity index is 1.63. The van der Waals surface area contributed by atoms with Gasteiger partial charge in [-0.15, -0.1) is 15.3 Å². The molecule has 2 heterocycles. The van der Waals surface area contributed by atoms with Gasteiger partial charge >= 0.3 is 0 Å². The molecule has 24 heavy (non-hydrogen) atoms. The number of methoxy groups -OCH3 is 1. The van der Waals surface area contributed by atoms with Gasteiger partial charge in [-0.05, 0) is 31.4 Å². The standard InChI is InChI=1S/C15H14ClN5O2S/c1-7-5-10(11(23-2)6-9(7)16)17-13(22)14-20-21-12(8-3-4-8)18-19-15(21)24-14/h5-6,8H,3-4H2,1-2H3,(H,17,22). The number of halogens is 1. The van der Waals surface area contributed by atoms with E-state index in [0.29, 0.717) is 32.3 Å². The number of nitrogens with zero attached hydrogens (tertiary/aromatic N) is 4. The monoisotopic (exact) mass is 363 g/mol. The number of aromatic nitrogens is 4. The summed E-state index contributed by atoms with van der Waals surface area (Å²) in [6, 6.07) is 3.45. The Bertz CT molecular complexity index is 947. The largest absolute Gasteiger partial charge is 0.495 e. The SMILES string of the molecule is COc1cc(Cl)c(C)cc1NC(=O)c1nn2c(C3CC3)nnc2s1. The van der Waals surface area contributed by atoms with Gasteiger partial charge in [0.05, 0.1) is 12.8 Å². The van der Waals surface area contributed by atoms with Gasteiger partial charge in [0.25, 0.3) is 5.91 Å². The topological polar surface area (TPSA) is 81.4 Å². The summed E-state index contributed by atoms with van der Waals surface area (Å²) < 4.78 is 6.95. The molecule has 0 spiro atoms. The molecule has 0 saturated heterocycles. The van der Waals surface area contributed by atoms with Crippen molar-refractivity contribution in [1.82, 2.24) is 19.8 Å². The number of hydrogen-bond donors (Lipinski definition) is 1. The third-order valence-corrected chi connectivity index (χ3v) is 5.19. The molecular weight excluding hydrogens is 350 g/mol. The molecule has 0 radical (unpaired) electrons. The van der Waals surface area contributed by atoms with Crippen LogP contribution in [0.2, 0.25) is 5.02 Å². The summed E-state index contributed by atoms with van der Waals surface area (Å²) >= 11 is 7.30. The van der Waals surface area contributed by atoms with Crippen LogP contribution in [-0.4, -0.2) is 32.8 Å². The molecule has 1 N–H and O–H groups in total. The smallest absolute Gasteiger partial charge is 0.286 e. The quantitative estimate of drug-likeness (QED) is 0.769. The molecule has 1 aliphatic carbocycles. The predicted octanol–water partition coefficient (Wildman–Crippen LogP) is 3.29. The van der Waals surface area contributed by atoms with Crippen LogP contribution < -0.4 is 10.1 Å². The van der Waals surface area contributed by atoms with Gasteiger partial charge in [-0.25, -0.2) is 0 Å².